The zero-order valence-electron chi connectivity index (χ0n) is 37.1. The number of aromatic nitrogens is 1. The van der Waals surface area contributed by atoms with E-state index in [1.807, 2.05) is 85.8 Å². The highest BCUT2D eigenvalue weighted by Gasteiger charge is 2.44. The SMILES string of the molecule is CC/C(=C(\c1ccc(O)cc1)c1ccc(OCCNC(=O)C#CC#CC(=O)N[C@H](C(=O)N2C[C@H](O)C[C@H]2C(=O)NCc2ccc(-c3scnc3C)cc2)C(C)(C)C)cc1)c1ccccc1. The molecule has 0 radical (unpaired) electrons. The smallest absolute Gasteiger partial charge is 0.297 e. The number of carbonyl (C=O) groups excluding carboxylic acids is 4. The highest BCUT2D eigenvalue weighted by molar-refractivity contribution is 7.13. The molecule has 0 saturated carbocycles. The molecule has 1 aliphatic rings. The number of phenols is 1. The number of nitrogens with one attached hydrogen (secondary N) is 3. The molecule has 6 rings (SSSR count). The fraction of sp³-hybridized carbons (Fsp3) is 0.288. The van der Waals surface area contributed by atoms with Crippen molar-refractivity contribution in [1.29, 1.82) is 0 Å². The second kappa shape index (κ2) is 21.9. The normalized spacial score (nSPS) is 15.3. The van der Waals surface area contributed by atoms with E-state index in [1.54, 1.807) is 49.8 Å². The lowest BCUT2D eigenvalue weighted by atomic mass is 9.85. The van der Waals surface area contributed by atoms with Gasteiger partial charge in [-0.1, -0.05) is 107 Å². The second-order valence-corrected chi connectivity index (χ2v) is 17.5. The van der Waals surface area contributed by atoms with Crippen molar-refractivity contribution in [2.45, 2.75) is 72.2 Å². The summed E-state index contributed by atoms with van der Waals surface area (Å²) in [6.45, 7) is 9.88. The zero-order valence-corrected chi connectivity index (χ0v) is 37.9. The molecule has 3 atom stereocenters. The topological polar surface area (TPSA) is 170 Å². The third-order valence-corrected chi connectivity index (χ3v) is 11.8. The van der Waals surface area contributed by atoms with Crippen LogP contribution < -0.4 is 20.7 Å². The van der Waals surface area contributed by atoms with E-state index >= 15 is 0 Å². The van der Waals surface area contributed by atoms with E-state index in [4.69, 9.17) is 4.74 Å². The van der Waals surface area contributed by atoms with Crippen LogP contribution in [0.25, 0.3) is 21.6 Å². The van der Waals surface area contributed by atoms with Crippen LogP contribution in [0.2, 0.25) is 0 Å². The summed E-state index contributed by atoms with van der Waals surface area (Å²) in [5.41, 5.74) is 9.15. The number of benzene rings is 4. The Morgan fingerprint density at radius 3 is 2.12 bits per heavy atom. The third-order valence-electron chi connectivity index (χ3n) is 10.8. The Kier molecular flexibility index (Phi) is 16.0. The molecule has 13 heteroatoms. The predicted octanol–water partition coefficient (Wildman–Crippen LogP) is 6.50. The number of hydrogen-bond acceptors (Lipinski definition) is 9. The molecule has 334 valence electrons. The maximum Gasteiger partial charge on any atom is 0.297 e. The maximum absolute atomic E-state index is 13.9. The van der Waals surface area contributed by atoms with Gasteiger partial charge in [0.15, 0.2) is 0 Å². The van der Waals surface area contributed by atoms with Gasteiger partial charge in [0.05, 0.1) is 28.7 Å². The van der Waals surface area contributed by atoms with Crippen LogP contribution in [0.5, 0.6) is 11.5 Å². The first-order valence-electron chi connectivity index (χ1n) is 21.4. The lowest BCUT2D eigenvalue weighted by Gasteiger charge is -2.34. The molecule has 1 aliphatic heterocycles. The van der Waals surface area contributed by atoms with Crippen molar-refractivity contribution < 1.29 is 34.1 Å². The minimum atomic E-state index is -1.08. The van der Waals surface area contributed by atoms with Crippen molar-refractivity contribution in [1.82, 2.24) is 25.8 Å². The number of rotatable bonds is 14. The number of phenolic OH excluding ortho intramolecular Hbond substituents is 1. The summed E-state index contributed by atoms with van der Waals surface area (Å²) in [5, 5.41) is 28.7. The number of β-amino-alcohol motifs (C(OH)–C–C–N with tert-alkyl or cyclic N) is 1. The van der Waals surface area contributed by atoms with Gasteiger partial charge in [-0.25, -0.2) is 4.98 Å². The lowest BCUT2D eigenvalue weighted by Crippen LogP contribution is -2.57. The minimum Gasteiger partial charge on any atom is -0.508 e. The van der Waals surface area contributed by atoms with E-state index in [2.05, 4.69) is 63.7 Å². The second-order valence-electron chi connectivity index (χ2n) is 16.6. The van der Waals surface area contributed by atoms with Crippen LogP contribution in [0, 0.1) is 36.0 Å². The van der Waals surface area contributed by atoms with Gasteiger partial charge in [0.25, 0.3) is 11.8 Å². The summed E-state index contributed by atoms with van der Waals surface area (Å²) in [4.78, 5) is 59.4. The van der Waals surface area contributed by atoms with Crippen molar-refractivity contribution in [2.24, 2.45) is 5.41 Å². The van der Waals surface area contributed by atoms with Crippen molar-refractivity contribution in [3.05, 3.63) is 137 Å². The molecular formula is C52H53N5O7S. The van der Waals surface area contributed by atoms with Crippen LogP contribution >= 0.6 is 11.3 Å². The predicted molar refractivity (Wildman–Crippen MR) is 253 cm³/mol. The minimum absolute atomic E-state index is 0.0552. The number of aliphatic hydroxyl groups is 1. The molecule has 12 nitrogen and oxygen atoms in total. The van der Waals surface area contributed by atoms with Crippen molar-refractivity contribution in [3.63, 3.8) is 0 Å². The number of likely N-dealkylation sites (tertiary alicyclic amines) is 1. The molecule has 0 spiro atoms. The van der Waals surface area contributed by atoms with E-state index in [9.17, 15) is 29.4 Å². The lowest BCUT2D eigenvalue weighted by molar-refractivity contribution is -0.143. The average molecular weight is 892 g/mol. The van der Waals surface area contributed by atoms with E-state index in [0.29, 0.717) is 5.75 Å². The number of ether oxygens (including phenoxy) is 1. The molecule has 1 fully saturated rings. The van der Waals surface area contributed by atoms with Gasteiger partial charge in [0.1, 0.15) is 30.2 Å². The van der Waals surface area contributed by atoms with Crippen LogP contribution in [0.15, 0.2) is 109 Å². The van der Waals surface area contributed by atoms with Gasteiger partial charge in [0, 0.05) is 31.4 Å². The van der Waals surface area contributed by atoms with E-state index < -0.39 is 47.2 Å². The molecule has 0 bridgehead atoms. The molecule has 0 aliphatic carbocycles. The summed E-state index contributed by atoms with van der Waals surface area (Å²) in [7, 11) is 0. The Morgan fingerprint density at radius 2 is 1.51 bits per heavy atom. The van der Waals surface area contributed by atoms with Crippen molar-refractivity contribution in [2.75, 3.05) is 19.7 Å². The Morgan fingerprint density at radius 1 is 0.862 bits per heavy atom. The highest BCUT2D eigenvalue weighted by atomic mass is 32.1. The number of aryl methyl sites for hydroxylation is 1. The number of aliphatic hydroxyl groups excluding tert-OH is 1. The van der Waals surface area contributed by atoms with Gasteiger partial charge >= 0.3 is 0 Å². The number of hydrogen-bond donors (Lipinski definition) is 5. The van der Waals surface area contributed by atoms with Gasteiger partial charge in [-0.3, -0.25) is 19.2 Å². The van der Waals surface area contributed by atoms with Crippen molar-refractivity contribution in [3.8, 4) is 45.6 Å². The van der Waals surface area contributed by atoms with Gasteiger partial charge in [-0.15, -0.1) is 11.3 Å². The molecule has 5 N–H and O–H groups in total. The number of aromatic hydroxyl groups is 1. The molecule has 65 heavy (non-hydrogen) atoms. The fourth-order valence-corrected chi connectivity index (χ4v) is 8.34. The Labute approximate surface area is 384 Å². The molecule has 4 amide bonds. The number of allylic oxidation sites excluding steroid dienone is 1. The fourth-order valence-electron chi connectivity index (χ4n) is 7.53. The summed E-state index contributed by atoms with van der Waals surface area (Å²) in [6.07, 6.45) is -0.0684. The van der Waals surface area contributed by atoms with Crippen LogP contribution in [-0.4, -0.2) is 81.6 Å². The summed E-state index contributed by atoms with van der Waals surface area (Å²) < 4.78 is 5.87. The Balaban J connectivity index is 0.986. The molecule has 1 aromatic heterocycles. The first-order valence-corrected chi connectivity index (χ1v) is 22.3. The Bertz CT molecular complexity index is 2630. The quantitative estimate of drug-likeness (QED) is 0.0478. The van der Waals surface area contributed by atoms with Gasteiger partial charge < -0.3 is 35.8 Å². The van der Waals surface area contributed by atoms with Crippen molar-refractivity contribution >= 4 is 46.1 Å². The Hall–Kier alpha value is -7.19. The number of nitrogens with zero attached hydrogens (tertiary/aromatic N) is 2. The monoisotopic (exact) mass is 891 g/mol. The third kappa shape index (κ3) is 12.7. The first-order chi connectivity index (χ1) is 31.2. The summed E-state index contributed by atoms with van der Waals surface area (Å²) in [6, 6.07) is 30.8. The average Bonchev–Trinajstić information content (AvgIpc) is 3.92. The van der Waals surface area contributed by atoms with Gasteiger partial charge in [-0.05, 0) is 93.8 Å². The maximum atomic E-state index is 13.9. The zero-order chi connectivity index (χ0) is 46.5. The molecule has 5 aromatic rings. The van der Waals surface area contributed by atoms with Crippen LogP contribution in [0.3, 0.4) is 0 Å². The number of amides is 4. The molecule has 1 saturated heterocycles. The van der Waals surface area contributed by atoms with Crippen LogP contribution in [0.4, 0.5) is 0 Å². The molecule has 0 unspecified atom stereocenters. The number of thiazole rings is 1. The molecule has 4 aromatic carbocycles. The molecular weight excluding hydrogens is 839 g/mol. The van der Waals surface area contributed by atoms with Gasteiger partial charge in [0.2, 0.25) is 11.8 Å². The highest BCUT2D eigenvalue weighted by Crippen LogP contribution is 2.36. The van der Waals surface area contributed by atoms with Crippen LogP contribution in [-0.2, 0) is 25.7 Å². The summed E-state index contributed by atoms with van der Waals surface area (Å²) in [5.74, 6) is 7.86. The summed E-state index contributed by atoms with van der Waals surface area (Å²) >= 11 is 1.56. The van der Waals surface area contributed by atoms with Crippen LogP contribution in [0.1, 0.15) is 68.5 Å². The standard InChI is InChI=1S/C52H53N5O7S/c1-6-43(36-12-8-7-9-13-36)47(37-20-24-40(58)25-21-37)38-22-26-42(27-23-38)64-29-28-53-45(60)14-10-11-15-46(61)56-49(52(3,4)5)51(63)57-32-41(59)30-44(57)50(62)54-31-35-16-18-39(19-17-35)48-34(2)55-33-65-48/h7-9,12-13,16-27,33,41,44,49,58-59H,6,28-32H2,1-5H3,(H,53,60)(H,54,62)(H,56,61)/b47-43-/t41-,44+,49-/m1/s1. The van der Waals surface area contributed by atoms with E-state index in [-0.39, 0.29) is 38.4 Å². The van der Waals surface area contributed by atoms with E-state index in [0.717, 1.165) is 56.0 Å². The van der Waals surface area contributed by atoms with Gasteiger partial charge in [-0.2, -0.15) is 0 Å². The first kappa shape index (κ1) is 47.3. The molecule has 2 heterocycles. The van der Waals surface area contributed by atoms with E-state index in [1.165, 1.54) is 4.90 Å². The largest absolute Gasteiger partial charge is 0.508 e. The number of carbonyl (C=O) groups is 4.